The molecule has 27 heavy (non-hydrogen) atoms. The predicted octanol–water partition coefficient (Wildman–Crippen LogP) is 2.62. The van der Waals surface area contributed by atoms with Gasteiger partial charge >= 0.3 is 0 Å². The van der Waals surface area contributed by atoms with Crippen LogP contribution in [0, 0.1) is 0 Å². The highest BCUT2D eigenvalue weighted by Gasteiger charge is 2.15. The number of hydrogen-bond acceptors (Lipinski definition) is 4. The van der Waals surface area contributed by atoms with Crippen LogP contribution in [0.2, 0.25) is 5.02 Å². The number of halogens is 1. The van der Waals surface area contributed by atoms with Gasteiger partial charge in [0, 0.05) is 27.9 Å². The first kappa shape index (κ1) is 20.5. The third-order valence-electron chi connectivity index (χ3n) is 3.60. The highest BCUT2D eigenvalue weighted by molar-refractivity contribution is 6.31. The number of rotatable bonds is 8. The van der Waals surface area contributed by atoms with Crippen LogP contribution >= 0.6 is 11.6 Å². The van der Waals surface area contributed by atoms with Crippen LogP contribution in [0.3, 0.4) is 0 Å². The average molecular weight is 388 g/mol. The van der Waals surface area contributed by atoms with Crippen molar-refractivity contribution >= 4 is 34.9 Å². The quantitative estimate of drug-likeness (QED) is 0.607. The van der Waals surface area contributed by atoms with E-state index in [0.29, 0.717) is 21.8 Å². The SMILES string of the molecule is CC(C)NC(=O)CNC(=O)CNc1ccc(Cl)cc1C(=O)c1ccccc1. The van der Waals surface area contributed by atoms with Crippen molar-refractivity contribution in [1.29, 1.82) is 0 Å². The molecule has 142 valence electrons. The average Bonchev–Trinajstić information content (AvgIpc) is 2.65. The Balaban J connectivity index is 2.01. The maximum absolute atomic E-state index is 12.7. The number of carbonyl (C=O) groups is 3. The minimum Gasteiger partial charge on any atom is -0.376 e. The molecule has 0 unspecified atom stereocenters. The lowest BCUT2D eigenvalue weighted by Gasteiger charge is -2.13. The van der Waals surface area contributed by atoms with Gasteiger partial charge in [0.15, 0.2) is 5.78 Å². The fourth-order valence-electron chi connectivity index (χ4n) is 2.39. The summed E-state index contributed by atoms with van der Waals surface area (Å²) in [6.07, 6.45) is 0. The molecule has 2 amide bonds. The van der Waals surface area contributed by atoms with E-state index in [1.807, 2.05) is 19.9 Å². The Hall–Kier alpha value is -2.86. The van der Waals surface area contributed by atoms with Crippen molar-refractivity contribution in [3.63, 3.8) is 0 Å². The number of hydrogen-bond donors (Lipinski definition) is 3. The van der Waals surface area contributed by atoms with Crippen molar-refractivity contribution in [2.75, 3.05) is 18.4 Å². The maximum Gasteiger partial charge on any atom is 0.239 e. The summed E-state index contributed by atoms with van der Waals surface area (Å²) in [6, 6.07) is 13.7. The Bertz CT molecular complexity index is 822. The second-order valence-corrected chi connectivity index (χ2v) is 6.67. The van der Waals surface area contributed by atoms with Crippen molar-refractivity contribution in [1.82, 2.24) is 10.6 Å². The van der Waals surface area contributed by atoms with Crippen LogP contribution in [0.5, 0.6) is 0 Å². The molecule has 2 aromatic carbocycles. The largest absolute Gasteiger partial charge is 0.376 e. The monoisotopic (exact) mass is 387 g/mol. The van der Waals surface area contributed by atoms with Gasteiger partial charge in [-0.1, -0.05) is 41.9 Å². The van der Waals surface area contributed by atoms with Gasteiger partial charge in [-0.15, -0.1) is 0 Å². The van der Waals surface area contributed by atoms with Gasteiger partial charge in [0.2, 0.25) is 11.8 Å². The zero-order chi connectivity index (χ0) is 19.8. The van der Waals surface area contributed by atoms with Crippen LogP contribution in [-0.4, -0.2) is 36.7 Å². The van der Waals surface area contributed by atoms with E-state index in [1.165, 1.54) is 0 Å². The first-order chi connectivity index (χ1) is 12.9. The number of nitrogens with one attached hydrogen (secondary N) is 3. The lowest BCUT2D eigenvalue weighted by molar-refractivity contribution is -0.125. The minimum atomic E-state index is -0.359. The van der Waals surface area contributed by atoms with Gasteiger partial charge in [0.05, 0.1) is 13.1 Å². The van der Waals surface area contributed by atoms with Gasteiger partial charge in [-0.05, 0) is 32.0 Å². The second kappa shape index (κ2) is 9.73. The van der Waals surface area contributed by atoms with E-state index in [-0.39, 0.29) is 36.7 Å². The molecule has 0 spiro atoms. The van der Waals surface area contributed by atoms with E-state index in [2.05, 4.69) is 16.0 Å². The summed E-state index contributed by atoms with van der Waals surface area (Å²) in [5.74, 6) is -0.816. The van der Waals surface area contributed by atoms with E-state index >= 15 is 0 Å². The third-order valence-corrected chi connectivity index (χ3v) is 3.83. The van der Waals surface area contributed by atoms with E-state index in [9.17, 15) is 14.4 Å². The summed E-state index contributed by atoms with van der Waals surface area (Å²) in [5, 5.41) is 8.57. The number of ketones is 1. The Morgan fingerprint density at radius 3 is 2.33 bits per heavy atom. The van der Waals surface area contributed by atoms with Crippen molar-refractivity contribution in [2.45, 2.75) is 19.9 Å². The van der Waals surface area contributed by atoms with Crippen molar-refractivity contribution in [2.24, 2.45) is 0 Å². The maximum atomic E-state index is 12.7. The molecule has 0 bridgehead atoms. The molecule has 0 aliphatic carbocycles. The molecular formula is C20H22ClN3O3. The fourth-order valence-corrected chi connectivity index (χ4v) is 2.57. The van der Waals surface area contributed by atoms with E-state index in [4.69, 9.17) is 11.6 Å². The molecule has 0 aromatic heterocycles. The van der Waals surface area contributed by atoms with Gasteiger partial charge < -0.3 is 16.0 Å². The van der Waals surface area contributed by atoms with Gasteiger partial charge in [-0.3, -0.25) is 14.4 Å². The lowest BCUT2D eigenvalue weighted by Crippen LogP contribution is -2.41. The van der Waals surface area contributed by atoms with Crippen LogP contribution in [-0.2, 0) is 9.59 Å². The zero-order valence-corrected chi connectivity index (χ0v) is 16.0. The molecule has 0 fully saturated rings. The van der Waals surface area contributed by atoms with Crippen LogP contribution < -0.4 is 16.0 Å². The predicted molar refractivity (Wildman–Crippen MR) is 106 cm³/mol. The normalized spacial score (nSPS) is 10.4. The second-order valence-electron chi connectivity index (χ2n) is 6.24. The smallest absolute Gasteiger partial charge is 0.239 e. The number of anilines is 1. The Labute approximate surface area is 163 Å². The molecule has 3 N–H and O–H groups in total. The molecular weight excluding hydrogens is 366 g/mol. The van der Waals surface area contributed by atoms with Gasteiger partial charge in [-0.2, -0.15) is 0 Å². The van der Waals surface area contributed by atoms with Crippen LogP contribution in [0.15, 0.2) is 48.5 Å². The fraction of sp³-hybridized carbons (Fsp3) is 0.250. The summed E-state index contributed by atoms with van der Waals surface area (Å²) in [5.41, 5.74) is 1.40. The van der Waals surface area contributed by atoms with Crippen molar-refractivity contribution < 1.29 is 14.4 Å². The molecule has 0 heterocycles. The van der Waals surface area contributed by atoms with E-state index < -0.39 is 0 Å². The first-order valence-electron chi connectivity index (χ1n) is 8.56. The molecule has 2 aromatic rings. The third kappa shape index (κ3) is 6.42. The van der Waals surface area contributed by atoms with Crippen LogP contribution in [0.4, 0.5) is 5.69 Å². The highest BCUT2D eigenvalue weighted by atomic mass is 35.5. The summed E-state index contributed by atoms with van der Waals surface area (Å²) in [4.78, 5) is 36.3. The standard InChI is InChI=1S/C20H22ClN3O3/c1-13(2)24-19(26)12-23-18(25)11-22-17-9-8-15(21)10-16(17)20(27)14-6-4-3-5-7-14/h3-10,13,22H,11-12H2,1-2H3,(H,23,25)(H,24,26). The minimum absolute atomic E-state index is 0.00755. The Kier molecular flexibility index (Phi) is 7.37. The first-order valence-corrected chi connectivity index (χ1v) is 8.94. The number of carbonyl (C=O) groups excluding carboxylic acids is 3. The van der Waals surface area contributed by atoms with Crippen molar-refractivity contribution in [3.05, 3.63) is 64.7 Å². The summed E-state index contributed by atoms with van der Waals surface area (Å²) in [6.45, 7) is 3.50. The van der Waals surface area contributed by atoms with Crippen LogP contribution in [0.1, 0.15) is 29.8 Å². The van der Waals surface area contributed by atoms with E-state index in [0.717, 1.165) is 0 Å². The van der Waals surface area contributed by atoms with Crippen LogP contribution in [0.25, 0.3) is 0 Å². The number of benzene rings is 2. The molecule has 0 radical (unpaired) electrons. The molecule has 7 heteroatoms. The summed E-state index contributed by atoms with van der Waals surface area (Å²) in [7, 11) is 0. The van der Waals surface area contributed by atoms with Gasteiger partial charge in [-0.25, -0.2) is 0 Å². The summed E-state index contributed by atoms with van der Waals surface area (Å²) < 4.78 is 0. The molecule has 2 rings (SSSR count). The number of amides is 2. The van der Waals surface area contributed by atoms with Crippen molar-refractivity contribution in [3.8, 4) is 0 Å². The van der Waals surface area contributed by atoms with Gasteiger partial charge in [0.1, 0.15) is 0 Å². The Morgan fingerprint density at radius 2 is 1.67 bits per heavy atom. The molecule has 0 saturated heterocycles. The molecule has 0 aliphatic heterocycles. The zero-order valence-electron chi connectivity index (χ0n) is 15.2. The molecule has 0 saturated carbocycles. The molecule has 0 atom stereocenters. The molecule has 6 nitrogen and oxygen atoms in total. The molecule has 0 aliphatic rings. The highest BCUT2D eigenvalue weighted by Crippen LogP contribution is 2.23. The van der Waals surface area contributed by atoms with E-state index in [1.54, 1.807) is 42.5 Å². The summed E-state index contributed by atoms with van der Waals surface area (Å²) >= 11 is 6.03. The lowest BCUT2D eigenvalue weighted by atomic mass is 10.0. The Morgan fingerprint density at radius 1 is 0.963 bits per heavy atom. The topological polar surface area (TPSA) is 87.3 Å². The van der Waals surface area contributed by atoms with Gasteiger partial charge in [0.25, 0.3) is 0 Å².